The summed E-state index contributed by atoms with van der Waals surface area (Å²) in [5, 5.41) is -0.198. The second-order valence-corrected chi connectivity index (χ2v) is 27.4. The largest absolute Gasteiger partial charge is 0.497 e. The van der Waals surface area contributed by atoms with Crippen LogP contribution in [0.15, 0.2) is 84.9 Å². The summed E-state index contributed by atoms with van der Waals surface area (Å²) in [7, 11) is -1.74. The fraction of sp³-hybridized carbons (Fsp3) is 0.568. The number of methoxy groups -OCH3 is 2. The Kier molecular flexibility index (Phi) is 16.3. The van der Waals surface area contributed by atoms with Crippen LogP contribution in [-0.2, 0) is 52.4 Å². The Balaban J connectivity index is 2.22. The van der Waals surface area contributed by atoms with Crippen LogP contribution in [0, 0.1) is 5.41 Å². The van der Waals surface area contributed by atoms with Crippen molar-refractivity contribution in [3.63, 3.8) is 0 Å². The number of hydrogen-bond donors (Lipinski definition) is 0. The second-order valence-electron chi connectivity index (χ2n) is 17.8. The molecule has 0 aliphatic heterocycles. The molecule has 0 saturated carbocycles. The van der Waals surface area contributed by atoms with Crippen LogP contribution in [-0.4, -0.2) is 67.8 Å². The third kappa shape index (κ3) is 12.6. The zero-order valence-electron chi connectivity index (χ0n) is 35.5. The highest BCUT2D eigenvalue weighted by molar-refractivity contribution is 6.74. The molecule has 3 rings (SSSR count). The maximum absolute atomic E-state index is 14.0. The molecule has 0 radical (unpaired) electrons. The van der Waals surface area contributed by atoms with Gasteiger partial charge >= 0.3 is 5.97 Å². The molecule has 8 nitrogen and oxygen atoms in total. The first-order chi connectivity index (χ1) is 25.1. The van der Waals surface area contributed by atoms with Crippen molar-refractivity contribution in [3.05, 3.63) is 102 Å². The normalized spacial score (nSPS) is 15.3. The first kappa shape index (κ1) is 45.6. The molecule has 4 atom stereocenters. The summed E-state index contributed by atoms with van der Waals surface area (Å²) in [6, 6.07) is 27.8. The topological polar surface area (TPSA) is 81.7 Å². The molecular formula is C44H68O8Si2. The van der Waals surface area contributed by atoms with Gasteiger partial charge in [0.15, 0.2) is 22.7 Å². The lowest BCUT2D eigenvalue weighted by Crippen LogP contribution is -2.61. The molecule has 10 heteroatoms. The molecule has 0 amide bonds. The molecule has 3 aromatic rings. The van der Waals surface area contributed by atoms with E-state index in [1.54, 1.807) is 7.11 Å². The van der Waals surface area contributed by atoms with Crippen molar-refractivity contribution in [3.8, 4) is 5.75 Å². The van der Waals surface area contributed by atoms with Gasteiger partial charge in [-0.05, 0) is 65.1 Å². The molecule has 0 N–H and O–H groups in total. The number of hydrogen-bond acceptors (Lipinski definition) is 8. The Labute approximate surface area is 328 Å². The summed E-state index contributed by atoms with van der Waals surface area (Å²) in [6.45, 7) is 27.5. The molecule has 0 aromatic heterocycles. The minimum absolute atomic E-state index is 0.0266. The van der Waals surface area contributed by atoms with Crippen molar-refractivity contribution in [2.24, 2.45) is 5.41 Å². The Hall–Kier alpha value is -2.84. The second kappa shape index (κ2) is 19.3. The van der Waals surface area contributed by atoms with Crippen molar-refractivity contribution >= 4 is 22.6 Å². The zero-order valence-corrected chi connectivity index (χ0v) is 37.5. The highest BCUT2D eigenvalue weighted by atomic mass is 28.4. The molecule has 0 aliphatic carbocycles. The van der Waals surface area contributed by atoms with Crippen molar-refractivity contribution in [1.82, 2.24) is 0 Å². The van der Waals surface area contributed by atoms with Gasteiger partial charge in [-0.15, -0.1) is 0 Å². The van der Waals surface area contributed by atoms with E-state index in [4.69, 9.17) is 32.5 Å². The Morgan fingerprint density at radius 3 is 1.52 bits per heavy atom. The molecule has 0 fully saturated rings. The Morgan fingerprint density at radius 1 is 0.593 bits per heavy atom. The number of carbonyl (C=O) groups excluding carboxylic acids is 1. The third-order valence-corrected chi connectivity index (χ3v) is 20.3. The van der Waals surface area contributed by atoms with Crippen LogP contribution in [0.5, 0.6) is 5.75 Å². The van der Waals surface area contributed by atoms with Gasteiger partial charge in [-0.1, -0.05) is 128 Å². The first-order valence-electron chi connectivity index (χ1n) is 19.1. The SMILES string of the molecule is COC(=O)[C@H](OCc1ccccc1)[C@H](O[Si](C)(C)C(C)(C)C)C(C)(C)[C@@H](OCc1ccc(OC)cc1)[C@H](CO[Si](C)(C)C(C)(C)C)OCc1ccccc1. The lowest BCUT2D eigenvalue weighted by molar-refractivity contribution is -0.198. The van der Waals surface area contributed by atoms with Gasteiger partial charge in [-0.3, -0.25) is 0 Å². The first-order valence-corrected chi connectivity index (χ1v) is 24.9. The predicted molar refractivity (Wildman–Crippen MR) is 223 cm³/mol. The molecule has 0 aliphatic rings. The Morgan fingerprint density at radius 2 is 1.06 bits per heavy atom. The van der Waals surface area contributed by atoms with Gasteiger partial charge in [0.25, 0.3) is 0 Å². The van der Waals surface area contributed by atoms with E-state index in [9.17, 15) is 4.79 Å². The van der Waals surface area contributed by atoms with Crippen molar-refractivity contribution in [2.45, 2.75) is 136 Å². The monoisotopic (exact) mass is 780 g/mol. The van der Waals surface area contributed by atoms with Crippen molar-refractivity contribution in [2.75, 3.05) is 20.8 Å². The molecule has 0 bridgehead atoms. The van der Waals surface area contributed by atoms with E-state index in [1.165, 1.54) is 7.11 Å². The average Bonchev–Trinajstić information content (AvgIpc) is 3.11. The molecule has 0 saturated heterocycles. The molecule has 300 valence electrons. The lowest BCUT2D eigenvalue weighted by Gasteiger charge is -2.50. The van der Waals surface area contributed by atoms with Gasteiger partial charge in [0.1, 0.15) is 11.9 Å². The molecule has 0 heterocycles. The number of carbonyl (C=O) groups is 1. The minimum atomic E-state index is -2.55. The summed E-state index contributed by atoms with van der Waals surface area (Å²) in [5.74, 6) is 0.262. The van der Waals surface area contributed by atoms with Gasteiger partial charge < -0.3 is 32.5 Å². The number of rotatable bonds is 20. The Bertz CT molecular complexity index is 1550. The molecular weight excluding hydrogens is 713 g/mol. The summed E-state index contributed by atoms with van der Waals surface area (Å²) in [4.78, 5) is 14.0. The summed E-state index contributed by atoms with van der Waals surface area (Å²) >= 11 is 0. The average molecular weight is 781 g/mol. The fourth-order valence-electron chi connectivity index (χ4n) is 5.63. The maximum Gasteiger partial charge on any atom is 0.337 e. The van der Waals surface area contributed by atoms with Crippen molar-refractivity contribution in [1.29, 1.82) is 0 Å². The van der Waals surface area contributed by atoms with Crippen LogP contribution in [0.2, 0.25) is 36.3 Å². The minimum Gasteiger partial charge on any atom is -0.497 e. The van der Waals surface area contributed by atoms with Crippen LogP contribution in [0.4, 0.5) is 0 Å². The summed E-state index contributed by atoms with van der Waals surface area (Å²) < 4.78 is 45.7. The molecule has 0 unspecified atom stereocenters. The number of benzene rings is 3. The molecule has 54 heavy (non-hydrogen) atoms. The zero-order chi connectivity index (χ0) is 40.4. The van der Waals surface area contributed by atoms with Crippen LogP contribution >= 0.6 is 0 Å². The van der Waals surface area contributed by atoms with E-state index in [-0.39, 0.29) is 23.3 Å². The van der Waals surface area contributed by atoms with Gasteiger partial charge in [0, 0.05) is 5.41 Å². The van der Waals surface area contributed by atoms with E-state index >= 15 is 0 Å². The van der Waals surface area contributed by atoms with Crippen LogP contribution in [0.3, 0.4) is 0 Å². The van der Waals surface area contributed by atoms with E-state index in [0.29, 0.717) is 13.2 Å². The van der Waals surface area contributed by atoms with Crippen molar-refractivity contribution < 1.29 is 37.3 Å². The van der Waals surface area contributed by atoms with Crippen LogP contribution in [0.25, 0.3) is 0 Å². The third-order valence-electron chi connectivity index (χ3n) is 11.3. The smallest absolute Gasteiger partial charge is 0.337 e. The van der Waals surface area contributed by atoms with Crippen LogP contribution < -0.4 is 4.74 Å². The van der Waals surface area contributed by atoms with Gasteiger partial charge in [-0.2, -0.15) is 0 Å². The quantitative estimate of drug-likeness (QED) is 0.0828. The molecule has 0 spiro atoms. The standard InChI is InChI=1S/C44H68O8Si2/c1-42(2,3)53(11,12)51-32-37(48-29-33-21-17-15-18-22-33)39(50-31-35-25-27-36(46-9)28-26-35)44(7,8)40(52-54(13,14)43(4,5)6)38(41(45)47-10)49-30-34-23-19-16-20-24-34/h15-28,37-40H,29-32H2,1-14H3/t37-,38+,39-,40-/m0/s1. The van der Waals surface area contributed by atoms with E-state index in [2.05, 4.69) is 93.7 Å². The summed E-state index contributed by atoms with van der Waals surface area (Å²) in [5.41, 5.74) is 2.05. The highest BCUT2D eigenvalue weighted by Crippen LogP contribution is 2.44. The van der Waals surface area contributed by atoms with Gasteiger partial charge in [0.05, 0.1) is 52.9 Å². The molecule has 3 aromatic carbocycles. The lowest BCUT2D eigenvalue weighted by atomic mass is 9.76. The number of esters is 1. The van der Waals surface area contributed by atoms with Gasteiger partial charge in [-0.25, -0.2) is 4.79 Å². The number of ether oxygens (including phenoxy) is 5. The fourth-order valence-corrected chi connectivity index (χ4v) is 8.06. The van der Waals surface area contributed by atoms with Gasteiger partial charge in [0.2, 0.25) is 0 Å². The van der Waals surface area contributed by atoms with E-state index in [1.807, 2.05) is 72.8 Å². The predicted octanol–water partition coefficient (Wildman–Crippen LogP) is 10.4. The van der Waals surface area contributed by atoms with Crippen LogP contribution in [0.1, 0.15) is 72.1 Å². The highest BCUT2D eigenvalue weighted by Gasteiger charge is 2.53. The van der Waals surface area contributed by atoms with E-state index < -0.39 is 52.4 Å². The maximum atomic E-state index is 14.0. The van der Waals surface area contributed by atoms with E-state index in [0.717, 1.165) is 22.4 Å². The summed E-state index contributed by atoms with van der Waals surface area (Å²) in [6.07, 6.45) is -3.03.